The van der Waals surface area contributed by atoms with Crippen LogP contribution in [0, 0.1) is 5.82 Å². The molecule has 4 rings (SSSR count). The minimum absolute atomic E-state index is 0.0603. The van der Waals surface area contributed by atoms with Crippen LogP contribution in [0.15, 0.2) is 48.7 Å². The summed E-state index contributed by atoms with van der Waals surface area (Å²) in [7, 11) is 2.01. The molecule has 3 aromatic rings. The first kappa shape index (κ1) is 18.4. The minimum Gasteiger partial charge on any atom is -0.302 e. The van der Waals surface area contributed by atoms with Crippen molar-refractivity contribution >= 4 is 23.2 Å². The third kappa shape index (κ3) is 3.57. The van der Waals surface area contributed by atoms with Crippen LogP contribution in [0.2, 0.25) is 10.0 Å². The average Bonchev–Trinajstić information content (AvgIpc) is 2.84. The summed E-state index contributed by atoms with van der Waals surface area (Å²) in [6.07, 6.45) is 2.46. The lowest BCUT2D eigenvalue weighted by Gasteiger charge is -2.20. The maximum absolute atomic E-state index is 15.5. The predicted octanol–water partition coefficient (Wildman–Crippen LogP) is 5.56. The van der Waals surface area contributed by atoms with Crippen LogP contribution >= 0.6 is 23.2 Å². The van der Waals surface area contributed by atoms with Crippen LogP contribution in [0.3, 0.4) is 0 Å². The summed E-state index contributed by atoms with van der Waals surface area (Å²) >= 11 is 12.3. The van der Waals surface area contributed by atoms with Crippen molar-refractivity contribution in [3.05, 3.63) is 81.2 Å². The van der Waals surface area contributed by atoms with Gasteiger partial charge in [-0.1, -0.05) is 35.3 Å². The Morgan fingerprint density at radius 2 is 1.96 bits per heavy atom. The van der Waals surface area contributed by atoms with Crippen LogP contribution in [0.25, 0.3) is 11.3 Å². The van der Waals surface area contributed by atoms with Crippen molar-refractivity contribution in [3.8, 4) is 11.3 Å². The summed E-state index contributed by atoms with van der Waals surface area (Å²) in [6, 6.07) is 13.0. The second-order valence-electron chi connectivity index (χ2n) is 6.86. The maximum atomic E-state index is 15.5. The molecule has 1 aromatic heterocycles. The van der Waals surface area contributed by atoms with Gasteiger partial charge in [0.15, 0.2) is 0 Å². The molecule has 0 saturated carbocycles. The van der Waals surface area contributed by atoms with Crippen molar-refractivity contribution in [2.45, 2.75) is 18.9 Å². The third-order valence-electron chi connectivity index (χ3n) is 5.08. The Bertz CT molecular complexity index is 979. The summed E-state index contributed by atoms with van der Waals surface area (Å²) in [6.45, 7) is 1.41. The number of aromatic nitrogens is 2. The molecule has 2 aromatic carbocycles. The molecule has 0 saturated heterocycles. The topological polar surface area (TPSA) is 29.0 Å². The molecule has 0 fully saturated rings. The highest BCUT2D eigenvalue weighted by molar-refractivity contribution is 6.42. The Hall–Kier alpha value is -2.01. The smallest absolute Gasteiger partial charge is 0.137 e. The van der Waals surface area contributed by atoms with E-state index >= 15 is 4.39 Å². The van der Waals surface area contributed by atoms with E-state index in [1.165, 1.54) is 0 Å². The van der Waals surface area contributed by atoms with Gasteiger partial charge in [0.2, 0.25) is 0 Å². The Balaban J connectivity index is 1.85. The zero-order valence-electron chi connectivity index (χ0n) is 14.8. The summed E-state index contributed by atoms with van der Waals surface area (Å²) in [5.74, 6) is -0.170. The largest absolute Gasteiger partial charge is 0.302 e. The summed E-state index contributed by atoms with van der Waals surface area (Å²) in [5, 5.41) is 8.98. The number of benzene rings is 2. The lowest BCUT2D eigenvalue weighted by molar-refractivity contribution is 0.324. The van der Waals surface area contributed by atoms with E-state index in [0.29, 0.717) is 33.4 Å². The van der Waals surface area contributed by atoms with Gasteiger partial charge in [0.1, 0.15) is 5.82 Å². The minimum atomic E-state index is -0.230. The molecule has 0 N–H and O–H groups in total. The van der Waals surface area contributed by atoms with Gasteiger partial charge < -0.3 is 4.90 Å². The molecule has 2 heterocycles. The van der Waals surface area contributed by atoms with E-state index in [2.05, 4.69) is 15.1 Å². The zero-order valence-corrected chi connectivity index (χ0v) is 16.3. The second kappa shape index (κ2) is 7.55. The highest BCUT2D eigenvalue weighted by Gasteiger charge is 2.27. The van der Waals surface area contributed by atoms with Gasteiger partial charge in [0.05, 0.1) is 15.7 Å². The van der Waals surface area contributed by atoms with Gasteiger partial charge >= 0.3 is 0 Å². The van der Waals surface area contributed by atoms with E-state index in [0.717, 1.165) is 24.1 Å². The third-order valence-corrected chi connectivity index (χ3v) is 5.82. The van der Waals surface area contributed by atoms with E-state index < -0.39 is 0 Å². The van der Waals surface area contributed by atoms with Crippen molar-refractivity contribution in [2.75, 3.05) is 13.6 Å². The lowest BCUT2D eigenvalue weighted by atomic mass is 9.85. The molecule has 0 aliphatic carbocycles. The standard InChI is InChI=1S/C21H18Cl2FN3/c1-27-10-8-14(13-4-7-18(22)19(23)11-13)15-5-6-16(21(24)17(15)12-27)20-3-2-9-25-26-20/h2-7,9,11,14H,8,10,12H2,1H3. The van der Waals surface area contributed by atoms with Crippen molar-refractivity contribution in [2.24, 2.45) is 0 Å². The molecule has 27 heavy (non-hydrogen) atoms. The van der Waals surface area contributed by atoms with Crippen LogP contribution in [-0.4, -0.2) is 28.7 Å². The Morgan fingerprint density at radius 1 is 1.11 bits per heavy atom. The van der Waals surface area contributed by atoms with Crippen LogP contribution in [0.4, 0.5) is 4.39 Å². The van der Waals surface area contributed by atoms with Crippen LogP contribution in [0.1, 0.15) is 29.0 Å². The van der Waals surface area contributed by atoms with E-state index in [-0.39, 0.29) is 11.7 Å². The first-order valence-electron chi connectivity index (χ1n) is 8.77. The molecular weight excluding hydrogens is 384 g/mol. The van der Waals surface area contributed by atoms with Gasteiger partial charge in [-0.25, -0.2) is 4.39 Å². The molecule has 0 spiro atoms. The maximum Gasteiger partial charge on any atom is 0.137 e. The van der Waals surface area contributed by atoms with Crippen molar-refractivity contribution in [3.63, 3.8) is 0 Å². The molecule has 1 unspecified atom stereocenters. The number of hydrogen-bond acceptors (Lipinski definition) is 3. The lowest BCUT2D eigenvalue weighted by Crippen LogP contribution is -2.18. The van der Waals surface area contributed by atoms with E-state index in [4.69, 9.17) is 23.2 Å². The quantitative estimate of drug-likeness (QED) is 0.562. The molecule has 138 valence electrons. The van der Waals surface area contributed by atoms with Gasteiger partial charge in [-0.15, -0.1) is 0 Å². The van der Waals surface area contributed by atoms with Crippen LogP contribution in [-0.2, 0) is 6.54 Å². The Labute approximate surface area is 167 Å². The number of rotatable bonds is 2. The SMILES string of the molecule is CN1CCC(c2ccc(Cl)c(Cl)c2)c2ccc(-c3cccnn3)c(F)c2C1. The fourth-order valence-corrected chi connectivity index (χ4v) is 4.00. The monoisotopic (exact) mass is 401 g/mol. The number of fused-ring (bicyclic) bond motifs is 1. The first-order valence-corrected chi connectivity index (χ1v) is 9.53. The molecule has 0 radical (unpaired) electrons. The van der Waals surface area contributed by atoms with E-state index in [9.17, 15) is 0 Å². The highest BCUT2D eigenvalue weighted by atomic mass is 35.5. The number of hydrogen-bond donors (Lipinski definition) is 0. The van der Waals surface area contributed by atoms with Crippen LogP contribution in [0.5, 0.6) is 0 Å². The summed E-state index contributed by atoms with van der Waals surface area (Å²) in [5.41, 5.74) is 3.76. The zero-order chi connectivity index (χ0) is 19.0. The average molecular weight is 402 g/mol. The molecule has 6 heteroatoms. The van der Waals surface area contributed by atoms with Crippen LogP contribution < -0.4 is 0 Å². The molecule has 3 nitrogen and oxygen atoms in total. The van der Waals surface area contributed by atoms with Crippen molar-refractivity contribution < 1.29 is 4.39 Å². The van der Waals surface area contributed by atoms with Gasteiger partial charge in [-0.3, -0.25) is 0 Å². The summed E-state index contributed by atoms with van der Waals surface area (Å²) < 4.78 is 15.5. The Morgan fingerprint density at radius 3 is 2.70 bits per heavy atom. The van der Waals surface area contributed by atoms with Crippen molar-refractivity contribution in [1.29, 1.82) is 0 Å². The second-order valence-corrected chi connectivity index (χ2v) is 7.67. The Kier molecular flexibility index (Phi) is 5.13. The van der Waals surface area contributed by atoms with Gasteiger partial charge in [0, 0.05) is 29.8 Å². The summed E-state index contributed by atoms with van der Waals surface area (Å²) in [4.78, 5) is 2.14. The molecule has 0 bridgehead atoms. The highest BCUT2D eigenvalue weighted by Crippen LogP contribution is 2.39. The predicted molar refractivity (Wildman–Crippen MR) is 107 cm³/mol. The molecule has 1 atom stereocenters. The molecule has 0 amide bonds. The van der Waals surface area contributed by atoms with Gasteiger partial charge in [-0.2, -0.15) is 10.2 Å². The fourth-order valence-electron chi connectivity index (χ4n) is 3.70. The molecule has 1 aliphatic heterocycles. The van der Waals surface area contributed by atoms with Crippen molar-refractivity contribution in [1.82, 2.24) is 15.1 Å². The first-order chi connectivity index (χ1) is 13.0. The fraction of sp³-hybridized carbons (Fsp3) is 0.238. The van der Waals surface area contributed by atoms with E-state index in [1.54, 1.807) is 30.5 Å². The van der Waals surface area contributed by atoms with Gasteiger partial charge in [-0.05, 0) is 61.5 Å². The molecular formula is C21H18Cl2FN3. The molecule has 1 aliphatic rings. The van der Waals surface area contributed by atoms with Gasteiger partial charge in [0.25, 0.3) is 0 Å². The van der Waals surface area contributed by atoms with E-state index in [1.807, 2.05) is 25.2 Å². The number of halogens is 3. The number of nitrogens with zero attached hydrogens (tertiary/aromatic N) is 3. The normalized spacial score (nSPS) is 17.4.